The summed E-state index contributed by atoms with van der Waals surface area (Å²) in [6.07, 6.45) is -8.66. The maximum atomic E-state index is 9.65. The van der Waals surface area contributed by atoms with Crippen molar-refractivity contribution in [2.24, 2.45) is 0 Å². The fourth-order valence-corrected chi connectivity index (χ4v) is 1.74. The maximum Gasteiger partial charge on any atom is 0.115 e. The van der Waals surface area contributed by atoms with Gasteiger partial charge in [-0.1, -0.05) is 0 Å². The molecule has 96 valence electrons. The summed E-state index contributed by atoms with van der Waals surface area (Å²) in [5, 5.41) is 47.5. The molecule has 5 N–H and O–H groups in total. The van der Waals surface area contributed by atoms with Crippen LogP contribution in [0.2, 0.25) is 0 Å². The number of hydrogen-bond acceptors (Lipinski definition) is 6. The van der Waals surface area contributed by atoms with Gasteiger partial charge in [0.15, 0.2) is 0 Å². The van der Waals surface area contributed by atoms with E-state index in [2.05, 4.69) is 0 Å². The fourth-order valence-electron chi connectivity index (χ4n) is 1.74. The van der Waals surface area contributed by atoms with E-state index in [1.807, 2.05) is 0 Å². The van der Waals surface area contributed by atoms with Crippen molar-refractivity contribution in [1.82, 2.24) is 0 Å². The normalized spacial score (nSPS) is 45.8. The highest BCUT2D eigenvalue weighted by Crippen LogP contribution is 2.27. The van der Waals surface area contributed by atoms with Crippen LogP contribution < -0.4 is 0 Å². The first-order valence-corrected chi connectivity index (χ1v) is 5.23. The van der Waals surface area contributed by atoms with Crippen LogP contribution in [-0.4, -0.2) is 67.8 Å². The molecule has 0 amide bonds. The van der Waals surface area contributed by atoms with Crippen LogP contribution >= 0.6 is 0 Å². The molecule has 0 saturated heterocycles. The van der Waals surface area contributed by atoms with E-state index >= 15 is 0 Å². The lowest BCUT2D eigenvalue weighted by atomic mass is 9.84. The first-order chi connectivity index (χ1) is 7.15. The Hall–Kier alpha value is -0.240. The molecule has 0 aromatic heterocycles. The largest absolute Gasteiger partial charge is 0.387 e. The van der Waals surface area contributed by atoms with E-state index in [4.69, 9.17) is 4.74 Å². The molecule has 6 nitrogen and oxygen atoms in total. The standard InChI is InChI=1S/C10H20O6/c1-10(2,3)16-9-7(14)5(12)4(11)6(13)8(9)15/h4-9,11-15H,1-3H3/t4?,5?,6?,7-,8?,9?/m1/s1. The maximum absolute atomic E-state index is 9.65. The highest BCUT2D eigenvalue weighted by atomic mass is 16.5. The molecule has 6 atom stereocenters. The Kier molecular flexibility index (Phi) is 3.94. The Morgan fingerprint density at radius 3 is 1.31 bits per heavy atom. The third kappa shape index (κ3) is 2.71. The molecule has 5 unspecified atom stereocenters. The zero-order valence-corrected chi connectivity index (χ0v) is 9.61. The van der Waals surface area contributed by atoms with Gasteiger partial charge in [0.05, 0.1) is 5.60 Å². The van der Waals surface area contributed by atoms with E-state index in [-0.39, 0.29) is 0 Å². The van der Waals surface area contributed by atoms with E-state index in [0.717, 1.165) is 0 Å². The predicted molar refractivity (Wildman–Crippen MR) is 54.7 cm³/mol. The number of rotatable bonds is 1. The smallest absolute Gasteiger partial charge is 0.115 e. The summed E-state index contributed by atoms with van der Waals surface area (Å²) < 4.78 is 5.36. The quantitative estimate of drug-likeness (QED) is 0.360. The molecular weight excluding hydrogens is 216 g/mol. The number of hydrogen-bond donors (Lipinski definition) is 5. The molecule has 1 aliphatic rings. The minimum Gasteiger partial charge on any atom is -0.387 e. The third-order valence-electron chi connectivity index (χ3n) is 2.56. The van der Waals surface area contributed by atoms with Crippen molar-refractivity contribution in [3.05, 3.63) is 0 Å². The third-order valence-corrected chi connectivity index (χ3v) is 2.56. The molecule has 0 aromatic carbocycles. The molecule has 1 fully saturated rings. The summed E-state index contributed by atoms with van der Waals surface area (Å²) >= 11 is 0. The lowest BCUT2D eigenvalue weighted by Crippen LogP contribution is -2.65. The zero-order chi connectivity index (χ0) is 12.7. The van der Waals surface area contributed by atoms with Crippen molar-refractivity contribution in [3.8, 4) is 0 Å². The van der Waals surface area contributed by atoms with Crippen LogP contribution in [0.25, 0.3) is 0 Å². The second kappa shape index (κ2) is 4.56. The Labute approximate surface area is 94.1 Å². The lowest BCUT2D eigenvalue weighted by Gasteiger charge is -2.43. The summed E-state index contributed by atoms with van der Waals surface area (Å²) in [5.41, 5.74) is -0.644. The summed E-state index contributed by atoms with van der Waals surface area (Å²) in [6.45, 7) is 5.16. The van der Waals surface area contributed by atoms with E-state index in [1.54, 1.807) is 20.8 Å². The summed E-state index contributed by atoms with van der Waals surface area (Å²) in [5.74, 6) is 0. The molecule has 1 rings (SSSR count). The van der Waals surface area contributed by atoms with Crippen molar-refractivity contribution < 1.29 is 30.3 Å². The van der Waals surface area contributed by atoms with Gasteiger partial charge >= 0.3 is 0 Å². The van der Waals surface area contributed by atoms with Crippen molar-refractivity contribution in [1.29, 1.82) is 0 Å². The van der Waals surface area contributed by atoms with Gasteiger partial charge in [0.2, 0.25) is 0 Å². The highest BCUT2D eigenvalue weighted by Gasteiger charge is 2.49. The van der Waals surface area contributed by atoms with Gasteiger partial charge in [0.1, 0.15) is 36.6 Å². The predicted octanol–water partition coefficient (Wildman–Crippen LogP) is -2.01. The van der Waals surface area contributed by atoms with E-state index < -0.39 is 42.2 Å². The van der Waals surface area contributed by atoms with E-state index in [0.29, 0.717) is 0 Å². The Bertz CT molecular complexity index is 222. The molecular formula is C10H20O6. The van der Waals surface area contributed by atoms with Crippen LogP contribution in [0, 0.1) is 0 Å². The Morgan fingerprint density at radius 2 is 1.00 bits per heavy atom. The van der Waals surface area contributed by atoms with Gasteiger partial charge in [-0.15, -0.1) is 0 Å². The molecule has 0 aromatic rings. The molecule has 0 heterocycles. The molecule has 0 aliphatic heterocycles. The van der Waals surface area contributed by atoms with Gasteiger partial charge < -0.3 is 30.3 Å². The van der Waals surface area contributed by atoms with Gasteiger partial charge in [0, 0.05) is 0 Å². The minimum atomic E-state index is -1.58. The van der Waals surface area contributed by atoms with E-state index in [1.165, 1.54) is 0 Å². The number of aliphatic hydroxyl groups excluding tert-OH is 5. The molecule has 16 heavy (non-hydrogen) atoms. The SMILES string of the molecule is CC(C)(C)OC1C(O)C(O)C(O)C(O)[C@H]1O. The molecule has 1 saturated carbocycles. The van der Waals surface area contributed by atoms with Crippen LogP contribution in [-0.2, 0) is 4.74 Å². The van der Waals surface area contributed by atoms with Gasteiger partial charge in [-0.3, -0.25) is 0 Å². The topological polar surface area (TPSA) is 110 Å². The van der Waals surface area contributed by atoms with Gasteiger partial charge in [0.25, 0.3) is 0 Å². The zero-order valence-electron chi connectivity index (χ0n) is 9.61. The molecule has 0 spiro atoms. The van der Waals surface area contributed by atoms with Gasteiger partial charge in [-0.05, 0) is 20.8 Å². The summed E-state index contributed by atoms with van der Waals surface area (Å²) in [6, 6.07) is 0. The van der Waals surface area contributed by atoms with Crippen LogP contribution in [0.4, 0.5) is 0 Å². The van der Waals surface area contributed by atoms with E-state index in [9.17, 15) is 25.5 Å². The molecule has 0 radical (unpaired) electrons. The average Bonchev–Trinajstić information content (AvgIpc) is 2.17. The van der Waals surface area contributed by atoms with Crippen molar-refractivity contribution >= 4 is 0 Å². The van der Waals surface area contributed by atoms with Crippen molar-refractivity contribution in [2.75, 3.05) is 0 Å². The highest BCUT2D eigenvalue weighted by molar-refractivity contribution is 5.00. The summed E-state index contributed by atoms with van der Waals surface area (Å²) in [7, 11) is 0. The number of aliphatic hydroxyl groups is 5. The van der Waals surface area contributed by atoms with Gasteiger partial charge in [-0.25, -0.2) is 0 Å². The van der Waals surface area contributed by atoms with Crippen molar-refractivity contribution in [2.45, 2.75) is 63.0 Å². The first-order valence-electron chi connectivity index (χ1n) is 5.23. The van der Waals surface area contributed by atoms with Crippen molar-refractivity contribution in [3.63, 3.8) is 0 Å². The lowest BCUT2D eigenvalue weighted by molar-refractivity contribution is -0.254. The second-order valence-corrected chi connectivity index (χ2v) is 5.15. The molecule has 0 bridgehead atoms. The second-order valence-electron chi connectivity index (χ2n) is 5.15. The minimum absolute atomic E-state index is 0.644. The molecule has 6 heteroatoms. The van der Waals surface area contributed by atoms with Crippen LogP contribution in [0.15, 0.2) is 0 Å². The Morgan fingerprint density at radius 1 is 0.688 bits per heavy atom. The fraction of sp³-hybridized carbons (Fsp3) is 1.00. The number of ether oxygens (including phenoxy) is 1. The summed E-state index contributed by atoms with van der Waals surface area (Å²) in [4.78, 5) is 0. The monoisotopic (exact) mass is 236 g/mol. The van der Waals surface area contributed by atoms with Crippen LogP contribution in [0.5, 0.6) is 0 Å². The van der Waals surface area contributed by atoms with Crippen LogP contribution in [0.3, 0.4) is 0 Å². The van der Waals surface area contributed by atoms with Gasteiger partial charge in [-0.2, -0.15) is 0 Å². The average molecular weight is 236 g/mol. The molecule has 1 aliphatic carbocycles. The first kappa shape index (κ1) is 13.8. The Balaban J connectivity index is 2.83. The van der Waals surface area contributed by atoms with Crippen LogP contribution in [0.1, 0.15) is 20.8 Å².